The van der Waals surface area contributed by atoms with Gasteiger partial charge in [-0.15, -0.1) is 0 Å². The molecule has 0 aliphatic carbocycles. The number of benzene rings is 2. The average molecular weight is 346 g/mol. The lowest BCUT2D eigenvalue weighted by Gasteiger charge is -2.39. The number of anilines is 2. The summed E-state index contributed by atoms with van der Waals surface area (Å²) >= 11 is 5.92. The lowest BCUT2D eigenvalue weighted by molar-refractivity contribution is 0.0556. The number of halogens is 1. The summed E-state index contributed by atoms with van der Waals surface area (Å²) in [6.07, 6.45) is 0.193. The summed E-state index contributed by atoms with van der Waals surface area (Å²) in [6, 6.07) is 14.2. The normalized spacial score (nSPS) is 23.2. The predicted octanol–water partition coefficient (Wildman–Crippen LogP) is 2.86. The van der Waals surface area contributed by atoms with E-state index in [1.165, 1.54) is 5.01 Å². The van der Waals surface area contributed by atoms with Gasteiger partial charge in [0.25, 0.3) is 0 Å². The first-order chi connectivity index (χ1) is 11.6. The molecule has 7 nitrogen and oxygen atoms in total. The maximum Gasteiger partial charge on any atom is 0.344 e. The topological polar surface area (TPSA) is 79.9 Å². The van der Waals surface area contributed by atoms with E-state index in [0.29, 0.717) is 22.8 Å². The van der Waals surface area contributed by atoms with Crippen molar-refractivity contribution < 1.29 is 10.0 Å². The molecule has 2 aromatic rings. The van der Waals surface area contributed by atoms with Crippen molar-refractivity contribution in [2.45, 2.75) is 18.6 Å². The van der Waals surface area contributed by atoms with Gasteiger partial charge in [-0.25, -0.2) is 15.6 Å². The average Bonchev–Trinajstić information content (AvgIpc) is 3.05. The first-order valence-electron chi connectivity index (χ1n) is 7.58. The molecule has 0 saturated carbocycles. The first-order valence-corrected chi connectivity index (χ1v) is 7.96. The quantitative estimate of drug-likeness (QED) is 0.673. The number of hydrogen-bond donors (Lipinski definition) is 4. The van der Waals surface area contributed by atoms with Crippen molar-refractivity contribution in [1.82, 2.24) is 15.9 Å². The maximum absolute atomic E-state index is 12.4. The van der Waals surface area contributed by atoms with E-state index in [9.17, 15) is 10.0 Å². The molecule has 124 valence electrons. The van der Waals surface area contributed by atoms with Crippen LogP contribution in [-0.4, -0.2) is 22.4 Å². The maximum atomic E-state index is 12.4. The van der Waals surface area contributed by atoms with Gasteiger partial charge in [0.1, 0.15) is 11.9 Å². The van der Waals surface area contributed by atoms with E-state index in [1.807, 2.05) is 24.3 Å². The molecular formula is C16H16ClN5O2. The van der Waals surface area contributed by atoms with Crippen LogP contribution in [0.5, 0.6) is 0 Å². The number of carbonyl (C=O) groups excluding carboxylic acids is 1. The Hall–Kier alpha value is -2.32. The van der Waals surface area contributed by atoms with E-state index in [-0.39, 0.29) is 6.04 Å². The van der Waals surface area contributed by atoms with E-state index in [4.69, 9.17) is 11.6 Å². The highest BCUT2D eigenvalue weighted by atomic mass is 35.5. The Balaban J connectivity index is 1.54. The molecule has 24 heavy (non-hydrogen) atoms. The van der Waals surface area contributed by atoms with E-state index in [1.54, 1.807) is 24.3 Å². The molecular weight excluding hydrogens is 330 g/mol. The fourth-order valence-corrected chi connectivity index (χ4v) is 3.14. The van der Waals surface area contributed by atoms with Crippen molar-refractivity contribution >= 4 is 29.0 Å². The largest absolute Gasteiger partial charge is 0.344 e. The van der Waals surface area contributed by atoms with Gasteiger partial charge in [-0.05, 0) is 29.8 Å². The molecule has 8 heteroatoms. The third-order valence-corrected chi connectivity index (χ3v) is 4.48. The van der Waals surface area contributed by atoms with E-state index >= 15 is 0 Å². The number of carbonyl (C=O) groups is 1. The van der Waals surface area contributed by atoms with Crippen LogP contribution < -0.4 is 21.3 Å². The molecule has 0 aromatic heterocycles. The SMILES string of the molecule is O=C1Nc2ccccc2N(O)N1C1CC(c2ccc(Cl)cc2)NN1. The molecule has 0 radical (unpaired) electrons. The Bertz CT molecular complexity index is 769. The molecule has 2 atom stereocenters. The lowest BCUT2D eigenvalue weighted by Crippen LogP contribution is -2.59. The molecule has 4 N–H and O–H groups in total. The Labute approximate surface area is 143 Å². The Morgan fingerprint density at radius 1 is 1.08 bits per heavy atom. The van der Waals surface area contributed by atoms with Gasteiger partial charge in [0.2, 0.25) is 0 Å². The number of rotatable bonds is 2. The monoisotopic (exact) mass is 345 g/mol. The fraction of sp³-hybridized carbons (Fsp3) is 0.188. The Kier molecular flexibility index (Phi) is 3.78. The highest BCUT2D eigenvalue weighted by Gasteiger charge is 2.39. The second kappa shape index (κ2) is 5.95. The highest BCUT2D eigenvalue weighted by Crippen LogP contribution is 2.33. The zero-order valence-electron chi connectivity index (χ0n) is 12.6. The van der Waals surface area contributed by atoms with Crippen LogP contribution >= 0.6 is 11.6 Å². The van der Waals surface area contributed by atoms with Gasteiger partial charge in [0.05, 0.1) is 5.69 Å². The zero-order chi connectivity index (χ0) is 16.7. The second-order valence-corrected chi connectivity index (χ2v) is 6.16. The number of hydrazine groups is 2. The fourth-order valence-electron chi connectivity index (χ4n) is 3.02. The van der Waals surface area contributed by atoms with Gasteiger partial charge in [-0.1, -0.05) is 35.9 Å². The van der Waals surface area contributed by atoms with Crippen LogP contribution in [0.1, 0.15) is 18.0 Å². The third-order valence-electron chi connectivity index (χ3n) is 4.22. The number of fused-ring (bicyclic) bond motifs is 1. The molecule has 4 rings (SSSR count). The molecule has 2 aliphatic heterocycles. The number of para-hydroxylation sites is 2. The molecule has 2 unspecified atom stereocenters. The molecule has 2 amide bonds. The molecule has 2 aliphatic rings. The summed E-state index contributed by atoms with van der Waals surface area (Å²) in [5, 5.41) is 16.1. The molecule has 0 bridgehead atoms. The van der Waals surface area contributed by atoms with E-state index in [0.717, 1.165) is 10.7 Å². The summed E-state index contributed by atoms with van der Waals surface area (Å²) < 4.78 is 0. The van der Waals surface area contributed by atoms with Crippen LogP contribution in [0.15, 0.2) is 48.5 Å². The van der Waals surface area contributed by atoms with Crippen molar-refractivity contribution in [3.8, 4) is 0 Å². The lowest BCUT2D eigenvalue weighted by atomic mass is 10.0. The van der Waals surface area contributed by atoms with Crippen LogP contribution in [0.2, 0.25) is 5.02 Å². The minimum absolute atomic E-state index is 0.00522. The number of urea groups is 1. The number of nitrogens with one attached hydrogen (secondary N) is 3. The number of nitrogens with zero attached hydrogens (tertiary/aromatic N) is 2. The molecule has 1 fully saturated rings. The highest BCUT2D eigenvalue weighted by molar-refractivity contribution is 6.30. The standard InChI is InChI=1S/C16H16ClN5O2/c17-11-7-5-10(6-8-11)13-9-15(20-19-13)21-16(23)18-12-3-1-2-4-14(12)22(21)24/h1-8,13,15,19-20,24H,9H2,(H,18,23). The molecule has 2 heterocycles. The molecule has 1 saturated heterocycles. The van der Waals surface area contributed by atoms with Crippen molar-refractivity contribution in [2.24, 2.45) is 0 Å². The van der Waals surface area contributed by atoms with Gasteiger partial charge < -0.3 is 5.32 Å². The smallest absolute Gasteiger partial charge is 0.304 e. The van der Waals surface area contributed by atoms with Gasteiger partial charge in [-0.3, -0.25) is 5.21 Å². The summed E-state index contributed by atoms with van der Waals surface area (Å²) in [4.78, 5) is 12.4. The summed E-state index contributed by atoms with van der Waals surface area (Å²) in [6.45, 7) is 0. The number of hydrogen-bond acceptors (Lipinski definition) is 5. The predicted molar refractivity (Wildman–Crippen MR) is 90.4 cm³/mol. The Morgan fingerprint density at radius 3 is 2.62 bits per heavy atom. The van der Waals surface area contributed by atoms with Gasteiger partial charge in [0.15, 0.2) is 0 Å². The van der Waals surface area contributed by atoms with Crippen molar-refractivity contribution in [3.63, 3.8) is 0 Å². The van der Waals surface area contributed by atoms with Crippen LogP contribution in [0.25, 0.3) is 0 Å². The van der Waals surface area contributed by atoms with E-state index in [2.05, 4.69) is 16.2 Å². The minimum atomic E-state index is -0.399. The summed E-state index contributed by atoms with van der Waals surface area (Å²) in [7, 11) is 0. The van der Waals surface area contributed by atoms with Crippen LogP contribution in [0.3, 0.4) is 0 Å². The van der Waals surface area contributed by atoms with Crippen LogP contribution in [0, 0.1) is 0 Å². The Morgan fingerprint density at radius 2 is 1.83 bits per heavy atom. The van der Waals surface area contributed by atoms with Crippen molar-refractivity contribution in [1.29, 1.82) is 0 Å². The molecule has 2 aromatic carbocycles. The van der Waals surface area contributed by atoms with Gasteiger partial charge in [-0.2, -0.15) is 10.2 Å². The van der Waals surface area contributed by atoms with Crippen LogP contribution in [0.4, 0.5) is 16.2 Å². The summed E-state index contributed by atoms with van der Waals surface area (Å²) in [5.74, 6) is 0. The van der Waals surface area contributed by atoms with Gasteiger partial charge in [0, 0.05) is 17.5 Å². The number of amides is 2. The summed E-state index contributed by atoms with van der Waals surface area (Å²) in [5.41, 5.74) is 8.36. The van der Waals surface area contributed by atoms with Gasteiger partial charge >= 0.3 is 6.03 Å². The van der Waals surface area contributed by atoms with E-state index < -0.39 is 12.2 Å². The second-order valence-electron chi connectivity index (χ2n) is 5.73. The van der Waals surface area contributed by atoms with Crippen LogP contribution in [-0.2, 0) is 0 Å². The zero-order valence-corrected chi connectivity index (χ0v) is 13.4. The van der Waals surface area contributed by atoms with Crippen molar-refractivity contribution in [2.75, 3.05) is 10.5 Å². The minimum Gasteiger partial charge on any atom is -0.304 e. The van der Waals surface area contributed by atoms with Crippen molar-refractivity contribution in [3.05, 3.63) is 59.1 Å². The third kappa shape index (κ3) is 2.57. The molecule has 0 spiro atoms. The first kappa shape index (κ1) is 15.2.